The number of aromatic nitrogens is 1. The second-order valence-electron chi connectivity index (χ2n) is 8.90. The zero-order chi connectivity index (χ0) is 25.5. The fourth-order valence-electron chi connectivity index (χ4n) is 4.04. The summed E-state index contributed by atoms with van der Waals surface area (Å²) in [5.41, 5.74) is 1.46. The third-order valence-electron chi connectivity index (χ3n) is 6.24. The molecule has 9 heteroatoms. The minimum Gasteiger partial charge on any atom is -0.491 e. The van der Waals surface area contributed by atoms with Gasteiger partial charge in [-0.15, -0.1) is 0 Å². The van der Waals surface area contributed by atoms with E-state index in [0.717, 1.165) is 0 Å². The first-order valence-corrected chi connectivity index (χ1v) is 11.8. The van der Waals surface area contributed by atoms with Crippen LogP contribution in [-0.4, -0.2) is 78.5 Å². The summed E-state index contributed by atoms with van der Waals surface area (Å²) in [4.78, 5) is 46.0. The molecular formula is C26H34N4O5. The van der Waals surface area contributed by atoms with E-state index >= 15 is 0 Å². The van der Waals surface area contributed by atoms with Crippen molar-refractivity contribution in [2.24, 2.45) is 5.92 Å². The van der Waals surface area contributed by atoms with Crippen molar-refractivity contribution in [2.45, 2.75) is 39.3 Å². The number of fused-ring (bicyclic) bond motifs is 1. The SMILES string of the molecule is CCC(=O)Nc1ccc2c(c1)OC[C@H](C)N(C(=O)c1ccncc1)C[C@@H](C)[C@@H](OC)CN(C)C2=O. The molecule has 0 aliphatic carbocycles. The molecule has 2 aromatic rings. The number of likely N-dealkylation sites (N-methyl/N-ethyl adjacent to an activating group) is 1. The van der Waals surface area contributed by atoms with Crippen LogP contribution in [0.4, 0.5) is 5.69 Å². The Kier molecular flexibility index (Phi) is 8.81. The van der Waals surface area contributed by atoms with Gasteiger partial charge in [0.05, 0.1) is 17.7 Å². The minimum absolute atomic E-state index is 0.0472. The second-order valence-corrected chi connectivity index (χ2v) is 8.90. The second kappa shape index (κ2) is 11.8. The summed E-state index contributed by atoms with van der Waals surface area (Å²) in [5, 5.41) is 2.80. The van der Waals surface area contributed by atoms with Crippen LogP contribution < -0.4 is 10.1 Å². The molecule has 2 heterocycles. The fraction of sp³-hybridized carbons (Fsp3) is 0.462. The summed E-state index contributed by atoms with van der Waals surface area (Å²) < 4.78 is 11.9. The number of anilines is 1. The molecule has 1 aliphatic heterocycles. The molecule has 0 saturated carbocycles. The van der Waals surface area contributed by atoms with Crippen molar-refractivity contribution in [3.05, 3.63) is 53.9 Å². The molecule has 3 atom stereocenters. The number of hydrogen-bond acceptors (Lipinski definition) is 6. The van der Waals surface area contributed by atoms with Gasteiger partial charge in [0.15, 0.2) is 0 Å². The number of rotatable bonds is 4. The Balaban J connectivity index is 1.99. The van der Waals surface area contributed by atoms with Crippen LogP contribution in [0.15, 0.2) is 42.7 Å². The van der Waals surface area contributed by atoms with Crippen LogP contribution in [-0.2, 0) is 9.53 Å². The van der Waals surface area contributed by atoms with E-state index in [2.05, 4.69) is 10.3 Å². The van der Waals surface area contributed by atoms with Crippen molar-refractivity contribution < 1.29 is 23.9 Å². The zero-order valence-electron chi connectivity index (χ0n) is 21.0. The number of amides is 3. The van der Waals surface area contributed by atoms with Gasteiger partial charge >= 0.3 is 0 Å². The Morgan fingerprint density at radius 1 is 1.17 bits per heavy atom. The average molecular weight is 483 g/mol. The van der Waals surface area contributed by atoms with E-state index in [1.165, 1.54) is 0 Å². The Labute approximate surface area is 206 Å². The van der Waals surface area contributed by atoms with Gasteiger partial charge in [0.2, 0.25) is 5.91 Å². The van der Waals surface area contributed by atoms with Gasteiger partial charge in [-0.1, -0.05) is 13.8 Å². The number of carbonyl (C=O) groups is 3. The maximum absolute atomic E-state index is 13.4. The van der Waals surface area contributed by atoms with Crippen molar-refractivity contribution in [3.63, 3.8) is 0 Å². The highest BCUT2D eigenvalue weighted by Gasteiger charge is 2.30. The van der Waals surface area contributed by atoms with Crippen molar-refractivity contribution >= 4 is 23.4 Å². The Hall–Kier alpha value is -3.46. The van der Waals surface area contributed by atoms with E-state index in [0.29, 0.717) is 42.1 Å². The van der Waals surface area contributed by atoms with Gasteiger partial charge in [-0.3, -0.25) is 19.4 Å². The van der Waals surface area contributed by atoms with Crippen molar-refractivity contribution in [2.75, 3.05) is 39.2 Å². The van der Waals surface area contributed by atoms with Gasteiger partial charge in [0, 0.05) is 69.3 Å². The van der Waals surface area contributed by atoms with Crippen LogP contribution in [0.2, 0.25) is 0 Å². The molecule has 9 nitrogen and oxygen atoms in total. The van der Waals surface area contributed by atoms with Gasteiger partial charge in [-0.2, -0.15) is 0 Å². The molecule has 0 radical (unpaired) electrons. The van der Waals surface area contributed by atoms with Crippen LogP contribution in [0.5, 0.6) is 5.75 Å². The lowest BCUT2D eigenvalue weighted by Crippen LogP contribution is -2.48. The molecule has 0 saturated heterocycles. The molecule has 0 unspecified atom stereocenters. The van der Waals surface area contributed by atoms with E-state index in [1.807, 2.05) is 13.8 Å². The molecule has 3 amide bonds. The van der Waals surface area contributed by atoms with Gasteiger partial charge in [0.25, 0.3) is 11.8 Å². The van der Waals surface area contributed by atoms with Crippen LogP contribution >= 0.6 is 0 Å². The van der Waals surface area contributed by atoms with Crippen LogP contribution in [0.1, 0.15) is 47.9 Å². The minimum atomic E-state index is -0.301. The molecule has 1 N–H and O–H groups in total. The third kappa shape index (κ3) is 6.36. The number of pyridine rings is 1. The third-order valence-corrected chi connectivity index (χ3v) is 6.24. The smallest absolute Gasteiger partial charge is 0.257 e. The monoisotopic (exact) mass is 482 g/mol. The summed E-state index contributed by atoms with van der Waals surface area (Å²) >= 11 is 0. The van der Waals surface area contributed by atoms with Gasteiger partial charge < -0.3 is 24.6 Å². The lowest BCUT2D eigenvalue weighted by atomic mass is 10.0. The van der Waals surface area contributed by atoms with Gasteiger partial charge in [-0.05, 0) is 31.2 Å². The quantitative estimate of drug-likeness (QED) is 0.719. The van der Waals surface area contributed by atoms with Crippen molar-refractivity contribution in [3.8, 4) is 5.75 Å². The van der Waals surface area contributed by atoms with E-state index in [-0.39, 0.29) is 42.4 Å². The first-order valence-electron chi connectivity index (χ1n) is 11.8. The molecule has 3 rings (SSSR count). The number of nitrogens with zero attached hydrogens (tertiary/aromatic N) is 3. The normalized spacial score (nSPS) is 21.3. The molecule has 0 fully saturated rings. The van der Waals surface area contributed by atoms with Crippen molar-refractivity contribution in [1.29, 1.82) is 0 Å². The predicted molar refractivity (Wildman–Crippen MR) is 133 cm³/mol. The molecule has 1 aromatic carbocycles. The van der Waals surface area contributed by atoms with Crippen molar-refractivity contribution in [1.82, 2.24) is 14.8 Å². The summed E-state index contributed by atoms with van der Waals surface area (Å²) in [6.45, 7) is 6.62. The van der Waals surface area contributed by atoms with Crippen LogP contribution in [0.3, 0.4) is 0 Å². The first-order chi connectivity index (χ1) is 16.7. The van der Waals surface area contributed by atoms with Crippen LogP contribution in [0, 0.1) is 5.92 Å². The topological polar surface area (TPSA) is 101 Å². The van der Waals surface area contributed by atoms with Crippen LogP contribution in [0.25, 0.3) is 0 Å². The van der Waals surface area contributed by atoms with E-state index in [9.17, 15) is 14.4 Å². The van der Waals surface area contributed by atoms with E-state index in [4.69, 9.17) is 9.47 Å². The Morgan fingerprint density at radius 3 is 2.54 bits per heavy atom. The summed E-state index contributed by atoms with van der Waals surface area (Å²) in [6.07, 6.45) is 3.24. The van der Waals surface area contributed by atoms with Gasteiger partial charge in [0.1, 0.15) is 12.4 Å². The number of carbonyl (C=O) groups excluding carboxylic acids is 3. The predicted octanol–water partition coefficient (Wildman–Crippen LogP) is 3.08. The summed E-state index contributed by atoms with van der Waals surface area (Å²) in [6, 6.07) is 8.07. The molecule has 0 bridgehead atoms. The molecule has 1 aromatic heterocycles. The maximum atomic E-state index is 13.4. The average Bonchev–Trinajstić information content (AvgIpc) is 2.87. The zero-order valence-corrected chi connectivity index (χ0v) is 21.0. The molecule has 1 aliphatic rings. The molecule has 35 heavy (non-hydrogen) atoms. The number of ether oxygens (including phenoxy) is 2. The number of hydrogen-bond donors (Lipinski definition) is 1. The highest BCUT2D eigenvalue weighted by molar-refractivity contribution is 5.98. The summed E-state index contributed by atoms with van der Waals surface area (Å²) in [7, 11) is 3.33. The standard InChI is InChI=1S/C26H34N4O5/c1-6-24(31)28-20-7-8-21-22(13-20)35-16-18(3)30(25(32)19-9-11-27-12-10-19)14-17(2)23(34-5)15-29(4)26(21)33/h7-13,17-18,23H,6,14-16H2,1-5H3,(H,28,31)/t17-,18+,23+/m1/s1. The van der Waals surface area contributed by atoms with E-state index in [1.54, 1.807) is 73.6 Å². The highest BCUT2D eigenvalue weighted by Crippen LogP contribution is 2.27. The number of nitrogens with one attached hydrogen (secondary N) is 1. The molecular weight excluding hydrogens is 448 g/mol. The highest BCUT2D eigenvalue weighted by atomic mass is 16.5. The first kappa shape index (κ1) is 26.2. The maximum Gasteiger partial charge on any atom is 0.257 e. The number of methoxy groups -OCH3 is 1. The summed E-state index contributed by atoms with van der Waals surface area (Å²) in [5.74, 6) is -0.173. The lowest BCUT2D eigenvalue weighted by molar-refractivity contribution is -0.115. The number of benzene rings is 1. The largest absolute Gasteiger partial charge is 0.491 e. The molecule has 188 valence electrons. The van der Waals surface area contributed by atoms with E-state index < -0.39 is 0 Å². The lowest BCUT2D eigenvalue weighted by Gasteiger charge is -2.36. The fourth-order valence-corrected chi connectivity index (χ4v) is 4.04. The van der Waals surface area contributed by atoms with Gasteiger partial charge in [-0.25, -0.2) is 0 Å². The Bertz CT molecular complexity index is 1050. The molecule has 0 spiro atoms. The Morgan fingerprint density at radius 2 is 1.89 bits per heavy atom.